The van der Waals surface area contributed by atoms with Crippen LogP contribution in [0.2, 0.25) is 0 Å². The van der Waals surface area contributed by atoms with Gasteiger partial charge in [0.15, 0.2) is 5.82 Å². The van der Waals surface area contributed by atoms with E-state index in [0.717, 1.165) is 48.1 Å². The van der Waals surface area contributed by atoms with Crippen molar-refractivity contribution in [2.24, 2.45) is 5.41 Å². The van der Waals surface area contributed by atoms with Crippen molar-refractivity contribution in [3.63, 3.8) is 0 Å². The Labute approximate surface area is 187 Å². The zero-order chi connectivity index (χ0) is 22.6. The minimum Gasteiger partial charge on any atom is -0.368 e. The van der Waals surface area contributed by atoms with E-state index >= 15 is 4.39 Å². The molecule has 1 aromatic heterocycles. The van der Waals surface area contributed by atoms with Gasteiger partial charge in [-0.25, -0.2) is 4.39 Å². The van der Waals surface area contributed by atoms with E-state index in [2.05, 4.69) is 38.4 Å². The number of nitrogens with one attached hydrogen (secondary N) is 1. The number of hydrogen-bond donors (Lipinski definition) is 1. The van der Waals surface area contributed by atoms with Gasteiger partial charge in [-0.15, -0.1) is 5.10 Å². The SMILES string of the molecule is Cc1c(C#N)cccc1[C@@H](C)Nc1nnc(C)c2cc(F)c(N3CC4(CN(C)C4)C3)cc12. The highest BCUT2D eigenvalue weighted by Gasteiger charge is 2.50. The normalized spacial score (nSPS) is 18.2. The second-order valence-electron chi connectivity index (χ2n) is 9.51. The maximum atomic E-state index is 15.1. The minimum absolute atomic E-state index is 0.0881. The molecule has 5 rings (SSSR count). The van der Waals surface area contributed by atoms with Crippen molar-refractivity contribution in [3.8, 4) is 6.07 Å². The average Bonchev–Trinajstić information content (AvgIpc) is 2.72. The molecule has 2 saturated heterocycles. The van der Waals surface area contributed by atoms with Gasteiger partial charge in [-0.1, -0.05) is 12.1 Å². The van der Waals surface area contributed by atoms with Crippen LogP contribution in [0.25, 0.3) is 10.8 Å². The summed E-state index contributed by atoms with van der Waals surface area (Å²) >= 11 is 0. The standard InChI is InChI=1S/C25H27FN6/c1-15-18(10-27)6-5-7-19(15)16(2)28-24-21-9-23(22(26)8-20(21)17(3)29-30-24)32-13-25(14-32)11-31(4)12-25/h5-9,16H,11-14H2,1-4H3,(H,28,30)/t16-/m1/s1. The molecule has 6 nitrogen and oxygen atoms in total. The molecule has 7 heteroatoms. The first-order valence-electron chi connectivity index (χ1n) is 11.0. The third kappa shape index (κ3) is 3.26. The number of aryl methyl sites for hydroxylation is 1. The van der Waals surface area contributed by atoms with Crippen LogP contribution >= 0.6 is 0 Å². The number of halogens is 1. The number of nitrogens with zero attached hydrogens (tertiary/aromatic N) is 5. The van der Waals surface area contributed by atoms with Crippen molar-refractivity contribution in [1.29, 1.82) is 5.26 Å². The van der Waals surface area contributed by atoms with E-state index < -0.39 is 0 Å². The number of fused-ring (bicyclic) bond motifs is 1. The van der Waals surface area contributed by atoms with E-state index in [-0.39, 0.29) is 11.9 Å². The molecule has 2 aromatic carbocycles. The lowest BCUT2D eigenvalue weighted by atomic mass is 9.73. The Morgan fingerprint density at radius 2 is 1.88 bits per heavy atom. The summed E-state index contributed by atoms with van der Waals surface area (Å²) < 4.78 is 15.1. The average molecular weight is 431 g/mol. The van der Waals surface area contributed by atoms with Crippen LogP contribution in [0.15, 0.2) is 30.3 Å². The molecule has 0 aliphatic carbocycles. The number of rotatable bonds is 4. The number of aromatic nitrogens is 2. The summed E-state index contributed by atoms with van der Waals surface area (Å²) in [4.78, 5) is 4.44. The van der Waals surface area contributed by atoms with Crippen LogP contribution in [0.3, 0.4) is 0 Å². The maximum absolute atomic E-state index is 15.1. The van der Waals surface area contributed by atoms with Crippen molar-refractivity contribution in [1.82, 2.24) is 15.1 Å². The lowest BCUT2D eigenvalue weighted by Gasteiger charge is -2.60. The molecule has 1 atom stereocenters. The van der Waals surface area contributed by atoms with Gasteiger partial charge in [0.25, 0.3) is 0 Å². The van der Waals surface area contributed by atoms with Crippen LogP contribution in [0.4, 0.5) is 15.9 Å². The molecule has 1 N–H and O–H groups in total. The predicted octanol–water partition coefficient (Wildman–Crippen LogP) is 4.18. The first-order chi connectivity index (χ1) is 15.3. The predicted molar refractivity (Wildman–Crippen MR) is 124 cm³/mol. The Morgan fingerprint density at radius 1 is 1.12 bits per heavy atom. The van der Waals surface area contributed by atoms with Crippen molar-refractivity contribution < 1.29 is 4.39 Å². The fourth-order valence-corrected chi connectivity index (χ4v) is 5.40. The number of anilines is 2. The molecule has 0 unspecified atom stereocenters. The van der Waals surface area contributed by atoms with Crippen molar-refractivity contribution >= 4 is 22.3 Å². The summed E-state index contributed by atoms with van der Waals surface area (Å²) in [7, 11) is 2.12. The molecule has 0 radical (unpaired) electrons. The fraction of sp³-hybridized carbons (Fsp3) is 0.400. The maximum Gasteiger partial charge on any atom is 0.157 e. The van der Waals surface area contributed by atoms with Crippen LogP contribution < -0.4 is 10.2 Å². The van der Waals surface area contributed by atoms with Gasteiger partial charge in [0.2, 0.25) is 0 Å². The van der Waals surface area contributed by atoms with Crippen molar-refractivity contribution in [2.45, 2.75) is 26.8 Å². The third-order valence-electron chi connectivity index (χ3n) is 6.95. The van der Waals surface area contributed by atoms with Gasteiger partial charge in [0.1, 0.15) is 5.82 Å². The van der Waals surface area contributed by atoms with Gasteiger partial charge in [-0.3, -0.25) is 0 Å². The van der Waals surface area contributed by atoms with Crippen molar-refractivity contribution in [2.75, 3.05) is 43.4 Å². The molecule has 0 saturated carbocycles. The first kappa shape index (κ1) is 20.7. The fourth-order valence-electron chi connectivity index (χ4n) is 5.40. The quantitative estimate of drug-likeness (QED) is 0.670. The monoisotopic (exact) mass is 430 g/mol. The summed E-state index contributed by atoms with van der Waals surface area (Å²) in [6.45, 7) is 9.77. The molecule has 0 bridgehead atoms. The lowest BCUT2D eigenvalue weighted by molar-refractivity contribution is -0.00268. The zero-order valence-electron chi connectivity index (χ0n) is 18.9. The Balaban J connectivity index is 1.48. The van der Waals surface area contributed by atoms with E-state index in [1.54, 1.807) is 6.07 Å². The zero-order valence-corrected chi connectivity index (χ0v) is 18.9. The van der Waals surface area contributed by atoms with Gasteiger partial charge >= 0.3 is 0 Å². The Kier molecular flexibility index (Phi) is 4.79. The summed E-state index contributed by atoms with van der Waals surface area (Å²) in [5.41, 5.74) is 4.29. The highest BCUT2D eigenvalue weighted by Crippen LogP contribution is 2.43. The molecular formula is C25H27FN6. The highest BCUT2D eigenvalue weighted by atomic mass is 19.1. The topological polar surface area (TPSA) is 68.1 Å². The first-order valence-corrected chi connectivity index (χ1v) is 11.0. The molecule has 32 heavy (non-hydrogen) atoms. The molecule has 3 aromatic rings. The number of likely N-dealkylation sites (tertiary alicyclic amines) is 1. The van der Waals surface area contributed by atoms with Crippen LogP contribution in [0.1, 0.15) is 35.3 Å². The van der Waals surface area contributed by atoms with Gasteiger partial charge in [-0.05, 0) is 57.1 Å². The van der Waals surface area contributed by atoms with E-state index in [4.69, 9.17) is 0 Å². The molecule has 2 aliphatic rings. The lowest BCUT2D eigenvalue weighted by Crippen LogP contribution is -2.71. The van der Waals surface area contributed by atoms with Gasteiger partial charge in [0, 0.05) is 42.4 Å². The summed E-state index contributed by atoms with van der Waals surface area (Å²) in [5, 5.41) is 23.1. The smallest absolute Gasteiger partial charge is 0.157 e. The summed E-state index contributed by atoms with van der Waals surface area (Å²) in [5.74, 6) is 0.410. The molecule has 0 amide bonds. The summed E-state index contributed by atoms with van der Waals surface area (Å²) in [6, 6.07) is 11.4. The van der Waals surface area contributed by atoms with Crippen LogP contribution in [-0.4, -0.2) is 48.3 Å². The highest BCUT2D eigenvalue weighted by molar-refractivity contribution is 5.95. The minimum atomic E-state index is -0.215. The van der Waals surface area contributed by atoms with Gasteiger partial charge < -0.3 is 15.1 Å². The molecule has 2 fully saturated rings. The number of nitriles is 1. The van der Waals surface area contributed by atoms with Gasteiger partial charge in [-0.2, -0.15) is 10.4 Å². The second-order valence-corrected chi connectivity index (χ2v) is 9.51. The molecule has 164 valence electrons. The molecule has 1 spiro atoms. The second kappa shape index (κ2) is 7.42. The van der Waals surface area contributed by atoms with Gasteiger partial charge in [0.05, 0.1) is 29.1 Å². The number of hydrogen-bond acceptors (Lipinski definition) is 6. The number of benzene rings is 2. The molecule has 2 aliphatic heterocycles. The van der Waals surface area contributed by atoms with Crippen LogP contribution in [0.5, 0.6) is 0 Å². The molecular weight excluding hydrogens is 403 g/mol. The van der Waals surface area contributed by atoms with E-state index in [1.807, 2.05) is 45.0 Å². The Bertz CT molecular complexity index is 1250. The summed E-state index contributed by atoms with van der Waals surface area (Å²) in [6.07, 6.45) is 0. The van der Waals surface area contributed by atoms with Crippen molar-refractivity contribution in [3.05, 3.63) is 58.5 Å². The van der Waals surface area contributed by atoms with E-state index in [9.17, 15) is 5.26 Å². The van der Waals surface area contributed by atoms with Crippen LogP contribution in [0, 0.1) is 36.4 Å². The Hall–Kier alpha value is -3.24. The van der Waals surface area contributed by atoms with E-state index in [0.29, 0.717) is 28.2 Å². The van der Waals surface area contributed by atoms with Crippen LogP contribution in [-0.2, 0) is 0 Å². The Morgan fingerprint density at radius 3 is 2.56 bits per heavy atom. The third-order valence-corrected chi connectivity index (χ3v) is 6.95. The largest absolute Gasteiger partial charge is 0.368 e. The van der Waals surface area contributed by atoms with E-state index in [1.165, 1.54) is 0 Å². The molecule has 3 heterocycles.